The van der Waals surface area contributed by atoms with Gasteiger partial charge in [-0.25, -0.2) is 13.1 Å². The lowest BCUT2D eigenvalue weighted by molar-refractivity contribution is 0.386. The van der Waals surface area contributed by atoms with Gasteiger partial charge in [-0.3, -0.25) is 0 Å². The minimum atomic E-state index is -3.64. The largest absolute Gasteiger partial charge is 0.497 e. The van der Waals surface area contributed by atoms with E-state index in [1.54, 1.807) is 12.1 Å². The van der Waals surface area contributed by atoms with E-state index in [2.05, 4.69) is 33.9 Å². The molecule has 0 atom stereocenters. The van der Waals surface area contributed by atoms with Crippen molar-refractivity contribution in [1.29, 1.82) is 0 Å². The summed E-state index contributed by atoms with van der Waals surface area (Å²) in [5, 5.41) is 0. The lowest BCUT2D eigenvalue weighted by Gasteiger charge is -2.17. The molecule has 152 valence electrons. The van der Waals surface area contributed by atoms with E-state index in [4.69, 9.17) is 9.47 Å². The Bertz CT molecular complexity index is 876. The Hall–Kier alpha value is -2.25. The van der Waals surface area contributed by atoms with Gasteiger partial charge in [-0.05, 0) is 55.5 Å². The Kier molecular flexibility index (Phi) is 6.80. The van der Waals surface area contributed by atoms with Gasteiger partial charge in [-0.2, -0.15) is 0 Å². The summed E-state index contributed by atoms with van der Waals surface area (Å²) in [6, 6.07) is 13.3. The third kappa shape index (κ3) is 4.97. The molecule has 28 heavy (non-hydrogen) atoms. The maximum Gasteiger partial charge on any atom is 0.244 e. The summed E-state index contributed by atoms with van der Waals surface area (Å²) >= 11 is 0. The molecule has 1 heterocycles. The van der Waals surface area contributed by atoms with E-state index in [-0.39, 0.29) is 10.6 Å². The molecule has 7 heteroatoms. The first kappa shape index (κ1) is 20.5. The van der Waals surface area contributed by atoms with Crippen LogP contribution < -0.4 is 19.1 Å². The minimum Gasteiger partial charge on any atom is -0.497 e. The Morgan fingerprint density at radius 3 is 2.36 bits per heavy atom. The summed E-state index contributed by atoms with van der Waals surface area (Å²) < 4.78 is 38.1. The molecule has 2 aromatic rings. The number of nitrogens with one attached hydrogen (secondary N) is 1. The van der Waals surface area contributed by atoms with Gasteiger partial charge in [0.05, 0.1) is 14.2 Å². The van der Waals surface area contributed by atoms with Crippen molar-refractivity contribution in [2.45, 2.75) is 30.6 Å². The van der Waals surface area contributed by atoms with Gasteiger partial charge < -0.3 is 14.4 Å². The summed E-state index contributed by atoms with van der Waals surface area (Å²) in [4.78, 5) is 2.52. The molecule has 0 aromatic heterocycles. The van der Waals surface area contributed by atoms with Crippen molar-refractivity contribution in [3.63, 3.8) is 0 Å². The fourth-order valence-electron chi connectivity index (χ4n) is 3.42. The number of benzene rings is 2. The molecule has 3 rings (SSSR count). The van der Waals surface area contributed by atoms with Crippen LogP contribution in [0.2, 0.25) is 0 Å². The fourth-order valence-corrected chi connectivity index (χ4v) is 4.65. The zero-order valence-corrected chi connectivity index (χ0v) is 17.3. The van der Waals surface area contributed by atoms with Gasteiger partial charge in [0, 0.05) is 31.4 Å². The first-order valence-corrected chi connectivity index (χ1v) is 11.1. The molecular formula is C21H28N2O4S. The van der Waals surface area contributed by atoms with Crippen LogP contribution in [0.15, 0.2) is 47.4 Å². The molecule has 0 spiro atoms. The van der Waals surface area contributed by atoms with Crippen molar-refractivity contribution in [2.24, 2.45) is 0 Å². The average Bonchev–Trinajstić information content (AvgIpc) is 3.26. The molecule has 6 nitrogen and oxygen atoms in total. The Morgan fingerprint density at radius 1 is 1.00 bits per heavy atom. The molecule has 1 aliphatic heterocycles. The van der Waals surface area contributed by atoms with Gasteiger partial charge in [0.15, 0.2) is 0 Å². The second kappa shape index (κ2) is 9.30. The maximum absolute atomic E-state index is 12.6. The van der Waals surface area contributed by atoms with Crippen LogP contribution in [0.1, 0.15) is 24.8 Å². The summed E-state index contributed by atoms with van der Waals surface area (Å²) in [6.45, 7) is 2.64. The van der Waals surface area contributed by atoms with Gasteiger partial charge in [-0.1, -0.05) is 12.1 Å². The molecule has 1 fully saturated rings. The highest BCUT2D eigenvalue weighted by atomic mass is 32.2. The topological polar surface area (TPSA) is 67.9 Å². The number of ether oxygens (including phenoxy) is 2. The van der Waals surface area contributed by atoms with Gasteiger partial charge in [-0.15, -0.1) is 0 Å². The molecule has 1 N–H and O–H groups in total. The van der Waals surface area contributed by atoms with Crippen LogP contribution in [0.4, 0.5) is 5.69 Å². The molecule has 1 aliphatic rings. The van der Waals surface area contributed by atoms with Crippen molar-refractivity contribution in [1.82, 2.24) is 4.72 Å². The van der Waals surface area contributed by atoms with E-state index in [9.17, 15) is 8.42 Å². The number of nitrogens with zero attached hydrogens (tertiary/aromatic N) is 1. The van der Waals surface area contributed by atoms with Gasteiger partial charge >= 0.3 is 0 Å². The standard InChI is InChI=1S/C21H28N2O4S/c1-26-19-11-12-21(20(16-19)27-2)28(24,25)22-13-5-6-17-7-9-18(10-8-17)23-14-3-4-15-23/h7-12,16,22H,3-6,13-15H2,1-2H3. The third-order valence-electron chi connectivity index (χ3n) is 5.00. The number of anilines is 1. The number of aryl methyl sites for hydroxylation is 1. The van der Waals surface area contributed by atoms with Gasteiger partial charge in [0.1, 0.15) is 16.4 Å². The predicted octanol–water partition coefficient (Wildman–Crippen LogP) is 3.22. The van der Waals surface area contributed by atoms with E-state index in [1.165, 1.54) is 44.4 Å². The second-order valence-corrected chi connectivity index (χ2v) is 8.61. The van der Waals surface area contributed by atoms with Crippen LogP contribution in [0, 0.1) is 0 Å². The van der Waals surface area contributed by atoms with E-state index < -0.39 is 10.0 Å². The maximum atomic E-state index is 12.6. The molecule has 0 aliphatic carbocycles. The number of rotatable bonds is 9. The van der Waals surface area contributed by atoms with E-state index in [1.807, 2.05) is 0 Å². The zero-order valence-electron chi connectivity index (χ0n) is 16.5. The first-order chi connectivity index (χ1) is 13.5. The lowest BCUT2D eigenvalue weighted by atomic mass is 10.1. The lowest BCUT2D eigenvalue weighted by Crippen LogP contribution is -2.25. The zero-order chi connectivity index (χ0) is 20.0. The third-order valence-corrected chi connectivity index (χ3v) is 6.50. The monoisotopic (exact) mass is 404 g/mol. The quantitative estimate of drug-likeness (QED) is 0.650. The second-order valence-electron chi connectivity index (χ2n) is 6.88. The van der Waals surface area contributed by atoms with Crippen LogP contribution in [-0.4, -0.2) is 42.3 Å². The summed E-state index contributed by atoms with van der Waals surface area (Å²) in [6.07, 6.45) is 4.07. The Labute approximate surface area is 167 Å². The van der Waals surface area contributed by atoms with Gasteiger partial charge in [0.25, 0.3) is 0 Å². The number of sulfonamides is 1. The molecule has 2 aromatic carbocycles. The van der Waals surface area contributed by atoms with E-state index >= 15 is 0 Å². The van der Waals surface area contributed by atoms with Crippen LogP contribution in [0.3, 0.4) is 0 Å². The van der Waals surface area contributed by atoms with Crippen LogP contribution in [0.25, 0.3) is 0 Å². The molecule has 0 bridgehead atoms. The normalized spacial score (nSPS) is 14.3. The molecule has 0 saturated carbocycles. The van der Waals surface area contributed by atoms with Crippen LogP contribution in [-0.2, 0) is 16.4 Å². The van der Waals surface area contributed by atoms with Gasteiger partial charge in [0.2, 0.25) is 10.0 Å². The molecular weight excluding hydrogens is 376 g/mol. The minimum absolute atomic E-state index is 0.116. The highest BCUT2D eigenvalue weighted by Crippen LogP contribution is 2.28. The summed E-state index contributed by atoms with van der Waals surface area (Å²) in [7, 11) is -0.667. The summed E-state index contributed by atoms with van der Waals surface area (Å²) in [5.41, 5.74) is 2.48. The number of methoxy groups -OCH3 is 2. The van der Waals surface area contributed by atoms with Crippen molar-refractivity contribution >= 4 is 15.7 Å². The highest BCUT2D eigenvalue weighted by molar-refractivity contribution is 7.89. The number of hydrogen-bond acceptors (Lipinski definition) is 5. The van der Waals surface area contributed by atoms with Crippen molar-refractivity contribution < 1.29 is 17.9 Å². The van der Waals surface area contributed by atoms with Crippen molar-refractivity contribution in [3.8, 4) is 11.5 Å². The molecule has 1 saturated heterocycles. The Morgan fingerprint density at radius 2 is 1.71 bits per heavy atom. The average molecular weight is 405 g/mol. The smallest absolute Gasteiger partial charge is 0.244 e. The van der Waals surface area contributed by atoms with Crippen LogP contribution in [0.5, 0.6) is 11.5 Å². The molecule has 0 unspecified atom stereocenters. The van der Waals surface area contributed by atoms with Crippen molar-refractivity contribution in [3.05, 3.63) is 48.0 Å². The fraction of sp³-hybridized carbons (Fsp3) is 0.429. The summed E-state index contributed by atoms with van der Waals surface area (Å²) in [5.74, 6) is 0.817. The van der Waals surface area contributed by atoms with Crippen molar-refractivity contribution in [2.75, 3.05) is 38.8 Å². The van der Waals surface area contributed by atoms with E-state index in [0.717, 1.165) is 25.9 Å². The van der Waals surface area contributed by atoms with Crippen LogP contribution >= 0.6 is 0 Å². The highest BCUT2D eigenvalue weighted by Gasteiger charge is 2.19. The first-order valence-electron chi connectivity index (χ1n) is 9.59. The predicted molar refractivity (Wildman–Crippen MR) is 111 cm³/mol. The molecule has 0 radical (unpaired) electrons. The van der Waals surface area contributed by atoms with E-state index in [0.29, 0.717) is 12.3 Å². The number of hydrogen-bond donors (Lipinski definition) is 1. The SMILES string of the molecule is COc1ccc(S(=O)(=O)NCCCc2ccc(N3CCCC3)cc2)c(OC)c1. The Balaban J connectivity index is 1.53. The molecule has 0 amide bonds.